The molecule has 186 valence electrons. The topological polar surface area (TPSA) is 150 Å². The molecule has 2 atom stereocenters. The molecule has 0 spiro atoms. The van der Waals surface area contributed by atoms with E-state index in [1.807, 2.05) is 49.6 Å². The van der Waals surface area contributed by atoms with Crippen LogP contribution in [-0.2, 0) is 11.3 Å². The Bertz CT molecular complexity index is 1200. The van der Waals surface area contributed by atoms with Crippen LogP contribution in [0.5, 0.6) is 0 Å². The first-order chi connectivity index (χ1) is 16.8. The third kappa shape index (κ3) is 5.75. The largest absolute Gasteiger partial charge is 0.396 e. The number of aryl methyl sites for hydroxylation is 2. The van der Waals surface area contributed by atoms with Gasteiger partial charge in [0, 0.05) is 36.2 Å². The number of carbonyl (C=O) groups excluding carboxylic acids is 1. The van der Waals surface area contributed by atoms with Gasteiger partial charge in [0.15, 0.2) is 0 Å². The van der Waals surface area contributed by atoms with E-state index in [0.29, 0.717) is 41.3 Å². The smallest absolute Gasteiger partial charge is 0.239 e. The number of nitrogen functional groups attached to an aromatic ring is 1. The summed E-state index contributed by atoms with van der Waals surface area (Å²) < 4.78 is 1.93. The molecule has 5 N–H and O–H groups in total. The number of anilines is 1. The second kappa shape index (κ2) is 12.0. The minimum Gasteiger partial charge on any atom is -0.396 e. The maximum Gasteiger partial charge on any atom is 0.239 e. The number of fused-ring (bicyclic) bond motifs is 1. The first-order valence-corrected chi connectivity index (χ1v) is 12.6. The standard InChI is InChI=1S/C25H32N6O3S/c1-15(2)30-25(34)18(13-26)22(35-12-11-33)21-19(17-7-5-16(3)6-8-17)20-23(27)28-14-29-24(20)31(21)9-4-10-32/h5-8,14-15,18,22,32-33H,4,9-12H2,1-3H3,(H,30,34)(H2,27,28,29). The summed E-state index contributed by atoms with van der Waals surface area (Å²) in [5.74, 6) is -0.802. The highest BCUT2D eigenvalue weighted by atomic mass is 32.2. The Morgan fingerprint density at radius 3 is 2.54 bits per heavy atom. The molecule has 0 aliphatic rings. The number of aromatic nitrogens is 3. The Labute approximate surface area is 209 Å². The molecule has 0 bridgehead atoms. The number of hydrogen-bond donors (Lipinski definition) is 4. The van der Waals surface area contributed by atoms with Gasteiger partial charge in [0.1, 0.15) is 23.7 Å². The van der Waals surface area contributed by atoms with Crippen molar-refractivity contribution in [2.45, 2.75) is 45.0 Å². The number of aliphatic hydroxyl groups is 2. The Balaban J connectivity index is 2.38. The van der Waals surface area contributed by atoms with Crippen molar-refractivity contribution in [3.63, 3.8) is 0 Å². The maximum absolute atomic E-state index is 13.2. The number of carbonyl (C=O) groups is 1. The Hall–Kier alpha value is -3.13. The lowest BCUT2D eigenvalue weighted by atomic mass is 9.95. The van der Waals surface area contributed by atoms with E-state index >= 15 is 0 Å². The molecule has 1 aromatic carbocycles. The molecule has 0 saturated carbocycles. The lowest BCUT2D eigenvalue weighted by Gasteiger charge is -2.25. The lowest BCUT2D eigenvalue weighted by molar-refractivity contribution is -0.123. The van der Waals surface area contributed by atoms with Gasteiger partial charge in [-0.1, -0.05) is 29.8 Å². The van der Waals surface area contributed by atoms with E-state index in [2.05, 4.69) is 21.4 Å². The van der Waals surface area contributed by atoms with Crippen LogP contribution in [0.15, 0.2) is 30.6 Å². The van der Waals surface area contributed by atoms with Crippen LogP contribution in [-0.4, -0.2) is 55.7 Å². The van der Waals surface area contributed by atoms with Crippen LogP contribution in [0, 0.1) is 24.2 Å². The number of amides is 1. The molecule has 0 fully saturated rings. The number of rotatable bonds is 11. The highest BCUT2D eigenvalue weighted by molar-refractivity contribution is 7.99. The third-order valence-electron chi connectivity index (χ3n) is 5.60. The molecule has 2 unspecified atom stereocenters. The van der Waals surface area contributed by atoms with Crippen LogP contribution in [0.4, 0.5) is 5.82 Å². The summed E-state index contributed by atoms with van der Waals surface area (Å²) in [5, 5.41) is 32.2. The van der Waals surface area contributed by atoms with Gasteiger partial charge in [0.25, 0.3) is 0 Å². The number of benzene rings is 1. The zero-order valence-corrected chi connectivity index (χ0v) is 21.0. The Morgan fingerprint density at radius 2 is 1.94 bits per heavy atom. The minimum absolute atomic E-state index is 0.0382. The minimum atomic E-state index is -1.04. The second-order valence-corrected chi connectivity index (χ2v) is 9.85. The quantitative estimate of drug-likeness (QED) is 0.316. The number of nitrogens with two attached hydrogens (primary N) is 1. The Morgan fingerprint density at radius 1 is 1.23 bits per heavy atom. The first-order valence-electron chi connectivity index (χ1n) is 11.6. The van der Waals surface area contributed by atoms with Gasteiger partial charge in [0.2, 0.25) is 5.91 Å². The number of nitrogens with zero attached hydrogens (tertiary/aromatic N) is 4. The van der Waals surface area contributed by atoms with Crippen LogP contribution < -0.4 is 11.1 Å². The predicted molar refractivity (Wildman–Crippen MR) is 138 cm³/mol. The molecule has 2 heterocycles. The van der Waals surface area contributed by atoms with Crippen molar-refractivity contribution in [1.29, 1.82) is 5.26 Å². The molecule has 2 aromatic heterocycles. The van der Waals surface area contributed by atoms with Crippen LogP contribution in [0.3, 0.4) is 0 Å². The summed E-state index contributed by atoms with van der Waals surface area (Å²) in [6, 6.07) is 9.98. The summed E-state index contributed by atoms with van der Waals surface area (Å²) in [6.45, 7) is 5.94. The van der Waals surface area contributed by atoms with E-state index in [0.717, 1.165) is 16.7 Å². The van der Waals surface area contributed by atoms with Crippen LogP contribution >= 0.6 is 11.8 Å². The fraction of sp³-hybridized carbons (Fsp3) is 0.440. The van der Waals surface area contributed by atoms with Crippen molar-refractivity contribution in [1.82, 2.24) is 19.9 Å². The molecule has 35 heavy (non-hydrogen) atoms. The molecule has 10 heteroatoms. The van der Waals surface area contributed by atoms with Gasteiger partial charge in [-0.05, 0) is 32.8 Å². The molecule has 0 saturated heterocycles. The summed E-state index contributed by atoms with van der Waals surface area (Å²) in [4.78, 5) is 21.9. The molecule has 9 nitrogen and oxygen atoms in total. The van der Waals surface area contributed by atoms with E-state index in [-0.39, 0.29) is 25.2 Å². The fourth-order valence-electron chi connectivity index (χ4n) is 4.13. The molecular formula is C25H32N6O3S. The van der Waals surface area contributed by atoms with Gasteiger partial charge in [-0.3, -0.25) is 4.79 Å². The van der Waals surface area contributed by atoms with Gasteiger partial charge >= 0.3 is 0 Å². The van der Waals surface area contributed by atoms with Crippen molar-refractivity contribution in [3.05, 3.63) is 41.9 Å². The summed E-state index contributed by atoms with van der Waals surface area (Å²) in [6.07, 6.45) is 1.83. The van der Waals surface area contributed by atoms with Gasteiger partial charge in [-0.2, -0.15) is 5.26 Å². The number of hydrogen-bond acceptors (Lipinski definition) is 8. The van der Waals surface area contributed by atoms with E-state index in [1.165, 1.54) is 18.1 Å². The third-order valence-corrected chi connectivity index (χ3v) is 6.88. The van der Waals surface area contributed by atoms with Crippen LogP contribution in [0.2, 0.25) is 0 Å². The van der Waals surface area contributed by atoms with E-state index in [4.69, 9.17) is 5.73 Å². The molecule has 3 aromatic rings. The average Bonchev–Trinajstić information content (AvgIpc) is 3.15. The Kier molecular flexibility index (Phi) is 9.09. The summed E-state index contributed by atoms with van der Waals surface area (Å²) >= 11 is 1.34. The van der Waals surface area contributed by atoms with Crippen molar-refractivity contribution >= 4 is 34.5 Å². The zero-order chi connectivity index (χ0) is 25.5. The highest BCUT2D eigenvalue weighted by Gasteiger charge is 2.36. The van der Waals surface area contributed by atoms with Crippen LogP contribution in [0.1, 0.15) is 36.8 Å². The molecule has 0 radical (unpaired) electrons. The van der Waals surface area contributed by atoms with E-state index < -0.39 is 11.2 Å². The van der Waals surface area contributed by atoms with E-state index in [1.54, 1.807) is 0 Å². The zero-order valence-electron chi connectivity index (χ0n) is 20.2. The van der Waals surface area contributed by atoms with Gasteiger partial charge in [-0.25, -0.2) is 9.97 Å². The molecule has 3 rings (SSSR count). The number of nitriles is 1. The van der Waals surface area contributed by atoms with Crippen molar-refractivity contribution in [2.75, 3.05) is 24.7 Å². The van der Waals surface area contributed by atoms with E-state index in [9.17, 15) is 20.3 Å². The summed E-state index contributed by atoms with van der Waals surface area (Å²) in [5.41, 5.74) is 10.3. The van der Waals surface area contributed by atoms with Gasteiger partial charge in [0.05, 0.1) is 23.3 Å². The highest BCUT2D eigenvalue weighted by Crippen LogP contribution is 2.46. The summed E-state index contributed by atoms with van der Waals surface area (Å²) in [7, 11) is 0. The monoisotopic (exact) mass is 496 g/mol. The maximum atomic E-state index is 13.2. The number of nitrogens with one attached hydrogen (secondary N) is 1. The van der Waals surface area contributed by atoms with Gasteiger partial charge < -0.3 is 25.8 Å². The second-order valence-electron chi connectivity index (χ2n) is 8.60. The van der Waals surface area contributed by atoms with Crippen molar-refractivity contribution in [3.8, 4) is 17.2 Å². The molecule has 0 aliphatic carbocycles. The SMILES string of the molecule is Cc1ccc(-c2c(C(SCCO)C(C#N)C(=O)NC(C)C)n(CCCO)c3ncnc(N)c23)cc1. The molecule has 1 amide bonds. The van der Waals surface area contributed by atoms with Crippen LogP contribution in [0.25, 0.3) is 22.2 Å². The lowest BCUT2D eigenvalue weighted by Crippen LogP contribution is -2.37. The predicted octanol–water partition coefficient (Wildman–Crippen LogP) is 2.80. The normalized spacial score (nSPS) is 13.1. The van der Waals surface area contributed by atoms with Gasteiger partial charge in [-0.15, -0.1) is 11.8 Å². The first kappa shape index (κ1) is 26.5. The fourth-order valence-corrected chi connectivity index (χ4v) is 5.26. The molecule has 0 aliphatic heterocycles. The number of aliphatic hydroxyl groups excluding tert-OH is 2. The number of thioether (sulfide) groups is 1. The average molecular weight is 497 g/mol. The van der Waals surface area contributed by atoms with Crippen molar-refractivity contribution < 1.29 is 15.0 Å². The van der Waals surface area contributed by atoms with Crippen molar-refractivity contribution in [2.24, 2.45) is 5.92 Å². The molecular weight excluding hydrogens is 464 g/mol.